The normalized spacial score (nSPS) is 13.7. The lowest BCUT2D eigenvalue weighted by Gasteiger charge is -2.19. The van der Waals surface area contributed by atoms with E-state index in [0.29, 0.717) is 36.3 Å². The maximum Gasteiger partial charge on any atom is 0.241 e. The molecule has 0 saturated heterocycles. The second-order valence-electron chi connectivity index (χ2n) is 6.41. The van der Waals surface area contributed by atoms with Crippen LogP contribution in [-0.4, -0.2) is 33.2 Å². The van der Waals surface area contributed by atoms with Gasteiger partial charge in [0.15, 0.2) is 11.5 Å². The van der Waals surface area contributed by atoms with E-state index in [-0.39, 0.29) is 11.4 Å². The molecule has 2 aromatic carbocycles. The van der Waals surface area contributed by atoms with Gasteiger partial charge < -0.3 is 9.47 Å². The van der Waals surface area contributed by atoms with Crippen molar-refractivity contribution in [3.63, 3.8) is 0 Å². The number of aromatic nitrogens is 1. The fourth-order valence-corrected chi connectivity index (χ4v) is 4.40. The molecule has 0 aliphatic carbocycles. The lowest BCUT2D eigenvalue weighted by Crippen LogP contribution is -2.26. The fourth-order valence-electron chi connectivity index (χ4n) is 3.17. The van der Waals surface area contributed by atoms with E-state index in [4.69, 9.17) is 9.47 Å². The van der Waals surface area contributed by atoms with Gasteiger partial charge in [0.25, 0.3) is 0 Å². The minimum absolute atomic E-state index is 0.248. The predicted molar refractivity (Wildman–Crippen MR) is 103 cm³/mol. The van der Waals surface area contributed by atoms with Crippen LogP contribution in [0.4, 0.5) is 0 Å². The fraction of sp³-hybridized carbons (Fsp3) is 0.250. The maximum absolute atomic E-state index is 12.8. The summed E-state index contributed by atoms with van der Waals surface area (Å²) < 4.78 is 39.4. The van der Waals surface area contributed by atoms with Crippen LogP contribution in [-0.2, 0) is 16.4 Å². The van der Waals surface area contributed by atoms with Crippen LogP contribution < -0.4 is 14.2 Å². The molecule has 1 aromatic heterocycles. The molecule has 2 heterocycles. The molecule has 0 atom stereocenters. The lowest BCUT2D eigenvalue weighted by atomic mass is 10.1. The average molecular weight is 384 g/mol. The summed E-state index contributed by atoms with van der Waals surface area (Å²) in [6.07, 6.45) is 2.22. The summed E-state index contributed by atoms with van der Waals surface area (Å²) in [4.78, 5) is 4.55. The summed E-state index contributed by atoms with van der Waals surface area (Å²) >= 11 is 0. The molecule has 4 rings (SSSR count). The quantitative estimate of drug-likeness (QED) is 0.732. The van der Waals surface area contributed by atoms with E-state index >= 15 is 0 Å². The molecular weight excluding hydrogens is 364 g/mol. The van der Waals surface area contributed by atoms with Crippen molar-refractivity contribution < 1.29 is 17.9 Å². The molecular formula is C20H20N2O4S. The van der Waals surface area contributed by atoms with Gasteiger partial charge in [-0.1, -0.05) is 12.1 Å². The van der Waals surface area contributed by atoms with Gasteiger partial charge in [-0.15, -0.1) is 0 Å². The number of aryl methyl sites for hydroxylation is 1. The molecule has 140 valence electrons. The summed E-state index contributed by atoms with van der Waals surface area (Å²) in [5.74, 6) is 1.43. The summed E-state index contributed by atoms with van der Waals surface area (Å²) in [5.41, 5.74) is 2.63. The van der Waals surface area contributed by atoms with Gasteiger partial charge in [-0.05, 0) is 54.8 Å². The third-order valence-corrected chi connectivity index (χ3v) is 6.05. The summed E-state index contributed by atoms with van der Waals surface area (Å²) in [6, 6.07) is 12.6. The zero-order valence-electron chi connectivity index (χ0n) is 14.9. The molecule has 3 aromatic rings. The van der Waals surface area contributed by atoms with E-state index in [1.165, 1.54) is 0 Å². The number of sulfonamides is 1. The minimum Gasteiger partial charge on any atom is -0.486 e. The van der Waals surface area contributed by atoms with E-state index in [1.54, 1.807) is 30.5 Å². The van der Waals surface area contributed by atoms with Crippen molar-refractivity contribution in [1.29, 1.82) is 0 Å². The SMILES string of the molecule is Cc1ccc(S(=O)(=O)NCCc2ccc3c(c2)OCCO3)c2cccnc12. The van der Waals surface area contributed by atoms with E-state index in [9.17, 15) is 8.42 Å². The Morgan fingerprint density at radius 1 is 1.07 bits per heavy atom. The number of hydrogen-bond acceptors (Lipinski definition) is 5. The van der Waals surface area contributed by atoms with Crippen molar-refractivity contribution in [2.45, 2.75) is 18.2 Å². The van der Waals surface area contributed by atoms with Crippen molar-refractivity contribution in [3.05, 3.63) is 59.8 Å². The first-order valence-corrected chi connectivity index (χ1v) is 10.3. The highest BCUT2D eigenvalue weighted by Gasteiger charge is 2.18. The third kappa shape index (κ3) is 3.61. The zero-order chi connectivity index (χ0) is 18.9. The maximum atomic E-state index is 12.8. The van der Waals surface area contributed by atoms with E-state index in [2.05, 4.69) is 9.71 Å². The highest BCUT2D eigenvalue weighted by Crippen LogP contribution is 2.31. The van der Waals surface area contributed by atoms with Crippen molar-refractivity contribution in [3.8, 4) is 11.5 Å². The molecule has 0 saturated carbocycles. The average Bonchev–Trinajstić information content (AvgIpc) is 2.68. The van der Waals surface area contributed by atoms with Crippen molar-refractivity contribution in [2.75, 3.05) is 19.8 Å². The molecule has 1 aliphatic rings. The molecule has 27 heavy (non-hydrogen) atoms. The summed E-state index contributed by atoms with van der Waals surface area (Å²) in [7, 11) is -3.64. The molecule has 0 fully saturated rings. The molecule has 1 N–H and O–H groups in total. The molecule has 1 aliphatic heterocycles. The molecule has 0 spiro atoms. The van der Waals surface area contributed by atoms with E-state index in [1.807, 2.05) is 25.1 Å². The second kappa shape index (κ2) is 7.17. The number of fused-ring (bicyclic) bond motifs is 2. The predicted octanol–water partition coefficient (Wildman–Crippen LogP) is 2.84. The Labute approximate surface area is 158 Å². The number of pyridine rings is 1. The second-order valence-corrected chi connectivity index (χ2v) is 8.14. The van der Waals surface area contributed by atoms with Gasteiger partial charge in [-0.25, -0.2) is 13.1 Å². The Balaban J connectivity index is 1.51. The van der Waals surface area contributed by atoms with Gasteiger partial charge in [0.2, 0.25) is 10.0 Å². The Hall–Kier alpha value is -2.64. The molecule has 0 amide bonds. The van der Waals surface area contributed by atoms with Crippen molar-refractivity contribution in [2.24, 2.45) is 0 Å². The Morgan fingerprint density at radius 2 is 1.89 bits per heavy atom. The van der Waals surface area contributed by atoms with Gasteiger partial charge in [-0.3, -0.25) is 4.98 Å². The standard InChI is InChI=1S/C20H20N2O4S/c1-14-4-7-19(16-3-2-9-21-20(14)16)27(23,24)22-10-8-15-5-6-17-18(13-15)26-12-11-25-17/h2-7,9,13,22H,8,10-12H2,1H3. The Morgan fingerprint density at radius 3 is 2.74 bits per heavy atom. The van der Waals surface area contributed by atoms with Gasteiger partial charge in [0.1, 0.15) is 13.2 Å². The highest BCUT2D eigenvalue weighted by atomic mass is 32.2. The van der Waals surface area contributed by atoms with Gasteiger partial charge in [0.05, 0.1) is 10.4 Å². The van der Waals surface area contributed by atoms with Crippen LogP contribution in [0.25, 0.3) is 10.9 Å². The number of benzene rings is 2. The lowest BCUT2D eigenvalue weighted by molar-refractivity contribution is 0.171. The van der Waals surface area contributed by atoms with Crippen LogP contribution in [0.3, 0.4) is 0 Å². The molecule has 0 radical (unpaired) electrons. The number of nitrogens with zero attached hydrogens (tertiary/aromatic N) is 1. The van der Waals surface area contributed by atoms with Gasteiger partial charge in [-0.2, -0.15) is 0 Å². The van der Waals surface area contributed by atoms with Crippen LogP contribution in [0.2, 0.25) is 0 Å². The Bertz CT molecular complexity index is 1100. The number of hydrogen-bond donors (Lipinski definition) is 1. The van der Waals surface area contributed by atoms with E-state index in [0.717, 1.165) is 16.9 Å². The largest absolute Gasteiger partial charge is 0.486 e. The van der Waals surface area contributed by atoms with Crippen LogP contribution in [0.5, 0.6) is 11.5 Å². The van der Waals surface area contributed by atoms with Crippen molar-refractivity contribution >= 4 is 20.9 Å². The molecule has 0 unspecified atom stereocenters. The first-order chi connectivity index (χ1) is 13.0. The number of ether oxygens (including phenoxy) is 2. The van der Waals surface area contributed by atoms with Gasteiger partial charge in [0, 0.05) is 18.1 Å². The van der Waals surface area contributed by atoms with Crippen molar-refractivity contribution in [1.82, 2.24) is 9.71 Å². The molecule has 7 heteroatoms. The van der Waals surface area contributed by atoms with Crippen LogP contribution in [0.1, 0.15) is 11.1 Å². The summed E-state index contributed by atoms with van der Waals surface area (Å²) in [6.45, 7) is 3.28. The minimum atomic E-state index is -3.64. The van der Waals surface area contributed by atoms with Crippen LogP contribution >= 0.6 is 0 Å². The number of nitrogens with one attached hydrogen (secondary N) is 1. The molecule has 0 bridgehead atoms. The molecule has 6 nitrogen and oxygen atoms in total. The Kier molecular flexibility index (Phi) is 4.72. The first kappa shape index (κ1) is 17.8. The third-order valence-electron chi connectivity index (χ3n) is 4.53. The first-order valence-electron chi connectivity index (χ1n) is 8.77. The van der Waals surface area contributed by atoms with E-state index < -0.39 is 10.0 Å². The highest BCUT2D eigenvalue weighted by molar-refractivity contribution is 7.89. The smallest absolute Gasteiger partial charge is 0.241 e. The summed E-state index contributed by atoms with van der Waals surface area (Å²) in [5, 5.41) is 0.629. The topological polar surface area (TPSA) is 77.5 Å². The van der Waals surface area contributed by atoms with Crippen LogP contribution in [0, 0.1) is 6.92 Å². The number of rotatable bonds is 5. The van der Waals surface area contributed by atoms with Crippen LogP contribution in [0.15, 0.2) is 53.6 Å². The van der Waals surface area contributed by atoms with Gasteiger partial charge >= 0.3 is 0 Å². The zero-order valence-corrected chi connectivity index (χ0v) is 15.8. The monoisotopic (exact) mass is 384 g/mol.